The van der Waals surface area contributed by atoms with Crippen molar-refractivity contribution >= 4 is 27.0 Å². The van der Waals surface area contributed by atoms with Gasteiger partial charge in [-0.1, -0.05) is 15.9 Å². The quantitative estimate of drug-likeness (QED) is 0.874. The average molecular weight is 296 g/mol. The Kier molecular flexibility index (Phi) is 2.60. The van der Waals surface area contributed by atoms with Crippen LogP contribution in [0.1, 0.15) is 12.5 Å². The minimum absolute atomic E-state index is 0.00148. The lowest BCUT2D eigenvalue weighted by atomic mass is 10.2. The van der Waals surface area contributed by atoms with Crippen LogP contribution in [0.2, 0.25) is 0 Å². The number of nitrogens with one attached hydrogen (secondary N) is 1. The fourth-order valence-electron chi connectivity index (χ4n) is 2.58. The highest BCUT2D eigenvalue weighted by atomic mass is 79.9. The van der Waals surface area contributed by atoms with Crippen molar-refractivity contribution < 1.29 is 0 Å². The van der Waals surface area contributed by atoms with Crippen LogP contribution in [-0.2, 0) is 0 Å². The molecule has 1 N–H and O–H groups in total. The number of likely N-dealkylation sites (N-methyl/N-ethyl adjacent to an activating group) is 1. The van der Waals surface area contributed by atoms with Crippen LogP contribution >= 0.6 is 15.9 Å². The number of hydrogen-bond donors (Lipinski definition) is 1. The van der Waals surface area contributed by atoms with Crippen molar-refractivity contribution in [1.82, 2.24) is 14.5 Å². The Morgan fingerprint density at radius 1 is 1.47 bits per heavy atom. The summed E-state index contributed by atoms with van der Waals surface area (Å²) in [7, 11) is 2.09. The van der Waals surface area contributed by atoms with Crippen molar-refractivity contribution in [2.24, 2.45) is 0 Å². The number of imidazole rings is 1. The predicted octanol–water partition coefficient (Wildman–Crippen LogP) is 1.97. The molecular weight excluding hydrogens is 282 g/mol. The van der Waals surface area contributed by atoms with Gasteiger partial charge in [0.05, 0.1) is 17.1 Å². The Morgan fingerprint density at radius 2 is 2.29 bits per heavy atom. The summed E-state index contributed by atoms with van der Waals surface area (Å²) in [6, 6.07) is 6.18. The third-order valence-electron chi connectivity index (χ3n) is 3.41. The Bertz CT molecular complexity index is 616. The van der Waals surface area contributed by atoms with Crippen molar-refractivity contribution in [2.75, 3.05) is 20.1 Å². The molecule has 17 heavy (non-hydrogen) atoms. The van der Waals surface area contributed by atoms with E-state index in [0.717, 1.165) is 35.0 Å². The number of aromatic amines is 1. The minimum atomic E-state index is -0.00148. The average Bonchev–Trinajstić information content (AvgIpc) is 2.81. The number of hydrogen-bond acceptors (Lipinski definition) is 2. The van der Waals surface area contributed by atoms with E-state index in [9.17, 15) is 4.79 Å². The van der Waals surface area contributed by atoms with Crippen molar-refractivity contribution in [3.05, 3.63) is 33.2 Å². The largest absolute Gasteiger partial charge is 0.326 e. The van der Waals surface area contributed by atoms with Gasteiger partial charge in [0, 0.05) is 11.0 Å². The van der Waals surface area contributed by atoms with Gasteiger partial charge in [-0.2, -0.15) is 0 Å². The maximum Gasteiger partial charge on any atom is 0.326 e. The second-order valence-corrected chi connectivity index (χ2v) is 5.58. The SMILES string of the molecule is CN1CCC(n2c(=O)[nH]c3ccc(Br)cc32)C1. The van der Waals surface area contributed by atoms with Gasteiger partial charge in [0.1, 0.15) is 0 Å². The molecule has 0 radical (unpaired) electrons. The number of nitrogens with zero attached hydrogens (tertiary/aromatic N) is 2. The molecule has 1 aromatic carbocycles. The normalized spacial score (nSPS) is 21.4. The summed E-state index contributed by atoms with van der Waals surface area (Å²) in [5.74, 6) is 0. The molecule has 4 nitrogen and oxygen atoms in total. The molecule has 0 saturated carbocycles. The molecule has 1 aromatic heterocycles. The monoisotopic (exact) mass is 295 g/mol. The maximum absolute atomic E-state index is 12.0. The standard InChI is InChI=1S/C12H14BrN3O/c1-15-5-4-9(7-15)16-11-6-8(13)2-3-10(11)14-12(16)17/h2-3,6,9H,4-5,7H2,1H3,(H,14,17). The summed E-state index contributed by atoms with van der Waals surface area (Å²) >= 11 is 3.46. The Morgan fingerprint density at radius 3 is 3.00 bits per heavy atom. The highest BCUT2D eigenvalue weighted by molar-refractivity contribution is 9.10. The van der Waals surface area contributed by atoms with E-state index in [-0.39, 0.29) is 11.7 Å². The maximum atomic E-state index is 12.0. The first kappa shape index (κ1) is 11.0. The zero-order chi connectivity index (χ0) is 12.0. The summed E-state index contributed by atoms with van der Waals surface area (Å²) in [4.78, 5) is 17.2. The van der Waals surface area contributed by atoms with Gasteiger partial charge in [-0.25, -0.2) is 4.79 Å². The highest BCUT2D eigenvalue weighted by Crippen LogP contribution is 2.24. The zero-order valence-corrected chi connectivity index (χ0v) is 11.2. The van der Waals surface area contributed by atoms with Crippen molar-refractivity contribution in [3.8, 4) is 0 Å². The van der Waals surface area contributed by atoms with Gasteiger partial charge in [0.2, 0.25) is 0 Å². The van der Waals surface area contributed by atoms with Crippen molar-refractivity contribution in [2.45, 2.75) is 12.5 Å². The second-order valence-electron chi connectivity index (χ2n) is 4.67. The molecule has 0 amide bonds. The van der Waals surface area contributed by atoms with Crippen molar-refractivity contribution in [1.29, 1.82) is 0 Å². The van der Waals surface area contributed by atoms with E-state index < -0.39 is 0 Å². The number of rotatable bonds is 1. The molecule has 1 aliphatic heterocycles. The fourth-order valence-corrected chi connectivity index (χ4v) is 2.93. The topological polar surface area (TPSA) is 41.0 Å². The van der Waals surface area contributed by atoms with Gasteiger partial charge in [-0.3, -0.25) is 4.57 Å². The fraction of sp³-hybridized carbons (Fsp3) is 0.417. The number of H-pyrrole nitrogens is 1. The number of halogens is 1. The lowest BCUT2D eigenvalue weighted by molar-refractivity contribution is 0.392. The number of aromatic nitrogens is 2. The molecule has 0 aliphatic carbocycles. The lowest BCUT2D eigenvalue weighted by Crippen LogP contribution is -2.24. The first-order chi connectivity index (χ1) is 8.15. The van der Waals surface area contributed by atoms with Gasteiger partial charge < -0.3 is 9.88 Å². The van der Waals surface area contributed by atoms with E-state index in [4.69, 9.17) is 0 Å². The first-order valence-corrected chi connectivity index (χ1v) is 6.53. The molecule has 0 spiro atoms. The van der Waals surface area contributed by atoms with Crippen LogP contribution in [0.5, 0.6) is 0 Å². The number of likely N-dealkylation sites (tertiary alicyclic amines) is 1. The first-order valence-electron chi connectivity index (χ1n) is 5.73. The Labute approximate surface area is 107 Å². The third-order valence-corrected chi connectivity index (χ3v) is 3.90. The van der Waals surface area contributed by atoms with Crippen LogP contribution in [0.15, 0.2) is 27.5 Å². The molecule has 90 valence electrons. The van der Waals surface area contributed by atoms with Gasteiger partial charge in [0.15, 0.2) is 0 Å². The summed E-state index contributed by atoms with van der Waals surface area (Å²) in [6.07, 6.45) is 1.04. The van der Waals surface area contributed by atoms with Gasteiger partial charge in [0.25, 0.3) is 0 Å². The van der Waals surface area contributed by atoms with Crippen LogP contribution in [-0.4, -0.2) is 34.6 Å². The lowest BCUT2D eigenvalue weighted by Gasteiger charge is -2.12. The summed E-state index contributed by atoms with van der Waals surface area (Å²) in [6.45, 7) is 2.00. The molecule has 2 aromatic rings. The highest BCUT2D eigenvalue weighted by Gasteiger charge is 2.24. The molecule has 2 heterocycles. The van der Waals surface area contributed by atoms with E-state index in [1.165, 1.54) is 0 Å². The molecule has 1 atom stereocenters. The summed E-state index contributed by atoms with van der Waals surface area (Å²) < 4.78 is 2.90. The van der Waals surface area contributed by atoms with Crippen LogP contribution in [0, 0.1) is 0 Å². The molecule has 1 unspecified atom stereocenters. The number of fused-ring (bicyclic) bond motifs is 1. The van der Waals surface area contributed by atoms with Crippen molar-refractivity contribution in [3.63, 3.8) is 0 Å². The Balaban J connectivity index is 2.17. The van der Waals surface area contributed by atoms with Gasteiger partial charge in [-0.15, -0.1) is 0 Å². The molecule has 0 bridgehead atoms. The van der Waals surface area contributed by atoms with Crippen LogP contribution in [0.4, 0.5) is 0 Å². The summed E-state index contributed by atoms with van der Waals surface area (Å²) in [5.41, 5.74) is 1.90. The molecule has 1 aliphatic rings. The van der Waals surface area contributed by atoms with Gasteiger partial charge in [-0.05, 0) is 38.2 Å². The zero-order valence-electron chi connectivity index (χ0n) is 9.61. The van der Waals surface area contributed by atoms with Gasteiger partial charge >= 0.3 is 5.69 Å². The third kappa shape index (κ3) is 1.83. The molecule has 1 fully saturated rings. The van der Waals surface area contributed by atoms with E-state index in [1.807, 2.05) is 22.8 Å². The molecule has 1 saturated heterocycles. The van der Waals surface area contributed by atoms with E-state index in [2.05, 4.69) is 32.9 Å². The van der Waals surface area contributed by atoms with Crippen LogP contribution < -0.4 is 5.69 Å². The Hall–Kier alpha value is -1.07. The number of benzene rings is 1. The van der Waals surface area contributed by atoms with E-state index in [0.29, 0.717) is 0 Å². The molecule has 3 rings (SSSR count). The van der Waals surface area contributed by atoms with E-state index in [1.54, 1.807) is 0 Å². The van der Waals surface area contributed by atoms with Crippen LogP contribution in [0.25, 0.3) is 11.0 Å². The molecule has 5 heteroatoms. The molecular formula is C12H14BrN3O. The smallest absolute Gasteiger partial charge is 0.306 e. The minimum Gasteiger partial charge on any atom is -0.306 e. The van der Waals surface area contributed by atoms with Crippen LogP contribution in [0.3, 0.4) is 0 Å². The predicted molar refractivity (Wildman–Crippen MR) is 71.4 cm³/mol. The second kappa shape index (κ2) is 3.99. The summed E-state index contributed by atoms with van der Waals surface area (Å²) in [5, 5.41) is 0. The van der Waals surface area contributed by atoms with E-state index >= 15 is 0 Å².